The van der Waals surface area contributed by atoms with Crippen LogP contribution < -0.4 is 10.6 Å². The number of hydrogen-bond acceptors (Lipinski definition) is 7. The van der Waals surface area contributed by atoms with E-state index in [-0.39, 0.29) is 27.0 Å². The molecule has 0 saturated carbocycles. The summed E-state index contributed by atoms with van der Waals surface area (Å²) >= 11 is 12.8. The minimum absolute atomic E-state index is 0.107. The SMILES string of the molecule is N#Cc1cnc2c(N[C@H](c3c[nH]nn3)c3ccc(F)cc3Cl)cc(Cl)cc2c1Nc1cnc(F)c(F)c1. The summed E-state index contributed by atoms with van der Waals surface area (Å²) < 4.78 is 40.8. The predicted molar refractivity (Wildman–Crippen MR) is 132 cm³/mol. The van der Waals surface area contributed by atoms with E-state index in [0.717, 1.165) is 12.3 Å². The summed E-state index contributed by atoms with van der Waals surface area (Å²) in [5, 5.41) is 27.2. The molecular formula is C24H13Cl2F3N8. The molecule has 3 heterocycles. The van der Waals surface area contributed by atoms with Crippen molar-refractivity contribution in [3.8, 4) is 6.07 Å². The van der Waals surface area contributed by atoms with Crippen LogP contribution in [-0.2, 0) is 0 Å². The number of rotatable bonds is 6. The maximum absolute atomic E-state index is 13.8. The summed E-state index contributed by atoms with van der Waals surface area (Å²) in [6.07, 6.45) is 3.97. The third kappa shape index (κ3) is 4.84. The molecule has 5 rings (SSSR count). The Morgan fingerprint density at radius 1 is 1.03 bits per heavy atom. The van der Waals surface area contributed by atoms with E-state index in [0.29, 0.717) is 27.8 Å². The molecule has 8 nitrogen and oxygen atoms in total. The van der Waals surface area contributed by atoms with Gasteiger partial charge >= 0.3 is 0 Å². The lowest BCUT2D eigenvalue weighted by molar-refractivity contribution is 0.480. The van der Waals surface area contributed by atoms with Crippen LogP contribution in [0.25, 0.3) is 10.9 Å². The van der Waals surface area contributed by atoms with Gasteiger partial charge in [-0.15, -0.1) is 5.10 Å². The highest BCUT2D eigenvalue weighted by molar-refractivity contribution is 6.32. The van der Waals surface area contributed by atoms with Gasteiger partial charge in [0.05, 0.1) is 40.4 Å². The number of H-pyrrole nitrogens is 1. The Morgan fingerprint density at radius 2 is 1.86 bits per heavy atom. The summed E-state index contributed by atoms with van der Waals surface area (Å²) in [7, 11) is 0. The van der Waals surface area contributed by atoms with Crippen molar-refractivity contribution in [1.82, 2.24) is 25.4 Å². The van der Waals surface area contributed by atoms with Crippen LogP contribution in [0.4, 0.5) is 30.2 Å². The Labute approximate surface area is 217 Å². The minimum atomic E-state index is -1.25. The van der Waals surface area contributed by atoms with Gasteiger partial charge in [0.1, 0.15) is 17.6 Å². The first-order chi connectivity index (χ1) is 17.8. The van der Waals surface area contributed by atoms with Gasteiger partial charge in [-0.2, -0.15) is 9.65 Å². The van der Waals surface area contributed by atoms with Crippen molar-refractivity contribution in [3.05, 3.63) is 99.4 Å². The van der Waals surface area contributed by atoms with Crippen LogP contribution >= 0.6 is 23.2 Å². The maximum Gasteiger partial charge on any atom is 0.249 e. The number of aromatic nitrogens is 5. The highest BCUT2D eigenvalue weighted by atomic mass is 35.5. The molecule has 5 aromatic rings. The van der Waals surface area contributed by atoms with Crippen LogP contribution in [0.1, 0.15) is 22.9 Å². The van der Waals surface area contributed by atoms with Gasteiger partial charge in [-0.25, -0.2) is 13.8 Å². The predicted octanol–water partition coefficient (Wildman–Crippen LogP) is 6.29. The number of halogens is 5. The monoisotopic (exact) mass is 540 g/mol. The van der Waals surface area contributed by atoms with Gasteiger partial charge in [0, 0.05) is 33.9 Å². The second-order valence-electron chi connectivity index (χ2n) is 7.77. The van der Waals surface area contributed by atoms with Crippen LogP contribution in [-0.4, -0.2) is 25.4 Å². The molecule has 0 aliphatic heterocycles. The Bertz CT molecular complexity index is 1670. The third-order valence-electron chi connectivity index (χ3n) is 5.43. The smallest absolute Gasteiger partial charge is 0.249 e. The van der Waals surface area contributed by atoms with Gasteiger partial charge in [0.15, 0.2) is 5.82 Å². The average molecular weight is 541 g/mol. The van der Waals surface area contributed by atoms with E-state index in [1.165, 1.54) is 24.4 Å². The van der Waals surface area contributed by atoms with Crippen molar-refractivity contribution in [1.29, 1.82) is 5.26 Å². The van der Waals surface area contributed by atoms with E-state index in [1.807, 2.05) is 6.07 Å². The van der Waals surface area contributed by atoms with E-state index < -0.39 is 23.6 Å². The van der Waals surface area contributed by atoms with Crippen molar-refractivity contribution in [2.24, 2.45) is 0 Å². The molecule has 0 radical (unpaired) electrons. The molecule has 0 bridgehead atoms. The fourth-order valence-electron chi connectivity index (χ4n) is 3.78. The van der Waals surface area contributed by atoms with Gasteiger partial charge in [0.2, 0.25) is 5.95 Å². The van der Waals surface area contributed by atoms with Gasteiger partial charge in [-0.05, 0) is 29.8 Å². The van der Waals surface area contributed by atoms with Crippen LogP contribution in [0.15, 0.2) is 55.0 Å². The molecule has 2 aromatic carbocycles. The van der Waals surface area contributed by atoms with Crippen molar-refractivity contribution < 1.29 is 13.2 Å². The fraction of sp³-hybridized carbons (Fsp3) is 0.0417. The van der Waals surface area contributed by atoms with Crippen molar-refractivity contribution in [2.45, 2.75) is 6.04 Å². The van der Waals surface area contributed by atoms with Crippen molar-refractivity contribution in [3.63, 3.8) is 0 Å². The average Bonchev–Trinajstić information content (AvgIpc) is 3.40. The van der Waals surface area contributed by atoms with E-state index >= 15 is 0 Å². The first-order valence-electron chi connectivity index (χ1n) is 10.5. The topological polar surface area (TPSA) is 115 Å². The molecular weight excluding hydrogens is 528 g/mol. The standard InChI is InChI=1S/C24H13Cl2F3N8/c25-12-3-16-21(34-14-6-18(28)24(29)32-9-14)11(7-30)8-31-22(16)19(4-12)35-23(20-10-33-37-36-20)15-2-1-13(27)5-17(15)26/h1-6,8-10,23,35H,(H,31,34)(H,33,36,37)/t23-/m0/s1. The van der Waals surface area contributed by atoms with E-state index in [1.54, 1.807) is 18.3 Å². The van der Waals surface area contributed by atoms with E-state index in [4.69, 9.17) is 23.2 Å². The second-order valence-corrected chi connectivity index (χ2v) is 8.61. The highest BCUT2D eigenvalue weighted by Gasteiger charge is 2.23. The molecule has 0 unspecified atom stereocenters. The van der Waals surface area contributed by atoms with Gasteiger partial charge in [-0.3, -0.25) is 10.1 Å². The maximum atomic E-state index is 13.8. The molecule has 0 spiro atoms. The summed E-state index contributed by atoms with van der Waals surface area (Å²) in [5.41, 5.74) is 2.24. The molecule has 0 fully saturated rings. The lowest BCUT2D eigenvalue weighted by Gasteiger charge is -2.21. The lowest BCUT2D eigenvalue weighted by Crippen LogP contribution is -2.14. The van der Waals surface area contributed by atoms with E-state index in [9.17, 15) is 18.4 Å². The molecule has 0 saturated heterocycles. The molecule has 3 aromatic heterocycles. The van der Waals surface area contributed by atoms with Gasteiger partial charge in [0.25, 0.3) is 0 Å². The molecule has 3 N–H and O–H groups in total. The van der Waals surface area contributed by atoms with Gasteiger partial charge < -0.3 is 10.6 Å². The number of nitriles is 1. The molecule has 0 aliphatic rings. The molecule has 13 heteroatoms. The minimum Gasteiger partial charge on any atom is -0.371 e. The number of nitrogens with zero attached hydrogens (tertiary/aromatic N) is 5. The Balaban J connectivity index is 1.65. The molecule has 184 valence electrons. The van der Waals surface area contributed by atoms with Gasteiger partial charge in [-0.1, -0.05) is 34.5 Å². The summed E-state index contributed by atoms with van der Waals surface area (Å²) in [4.78, 5) is 7.79. The van der Waals surface area contributed by atoms with Crippen LogP contribution in [0, 0.1) is 28.9 Å². The second kappa shape index (κ2) is 9.93. The van der Waals surface area contributed by atoms with E-state index in [2.05, 4.69) is 36.0 Å². The number of fused-ring (bicyclic) bond motifs is 1. The molecule has 1 atom stereocenters. The zero-order valence-corrected chi connectivity index (χ0v) is 19.9. The first kappa shape index (κ1) is 24.3. The van der Waals surface area contributed by atoms with Crippen molar-refractivity contribution in [2.75, 3.05) is 10.6 Å². The number of nitrogens with one attached hydrogen (secondary N) is 3. The quantitative estimate of drug-likeness (QED) is 0.217. The van der Waals surface area contributed by atoms with Crippen molar-refractivity contribution >= 4 is 51.2 Å². The van der Waals surface area contributed by atoms with Crippen LogP contribution in [0.2, 0.25) is 10.0 Å². The lowest BCUT2D eigenvalue weighted by atomic mass is 10.0. The Hall–Kier alpha value is -4.40. The van der Waals surface area contributed by atoms with Crippen LogP contribution in [0.3, 0.4) is 0 Å². The third-order valence-corrected chi connectivity index (χ3v) is 5.97. The number of benzene rings is 2. The Kier molecular flexibility index (Phi) is 6.52. The number of aromatic amines is 1. The van der Waals surface area contributed by atoms with Crippen LogP contribution in [0.5, 0.6) is 0 Å². The Morgan fingerprint density at radius 3 is 2.57 bits per heavy atom. The summed E-state index contributed by atoms with van der Waals surface area (Å²) in [6, 6.07) is 9.38. The first-order valence-corrected chi connectivity index (χ1v) is 11.3. The molecule has 0 aliphatic carbocycles. The largest absolute Gasteiger partial charge is 0.371 e. The molecule has 37 heavy (non-hydrogen) atoms. The molecule has 0 amide bonds. The number of anilines is 3. The number of hydrogen-bond donors (Lipinski definition) is 3. The zero-order chi connectivity index (χ0) is 26.1. The highest BCUT2D eigenvalue weighted by Crippen LogP contribution is 2.38. The summed E-state index contributed by atoms with van der Waals surface area (Å²) in [6.45, 7) is 0. The normalized spacial score (nSPS) is 11.8. The summed E-state index contributed by atoms with van der Waals surface area (Å²) in [5.74, 6) is -2.92. The number of pyridine rings is 2. The fourth-order valence-corrected chi connectivity index (χ4v) is 4.28. The zero-order valence-electron chi connectivity index (χ0n) is 18.4.